The standard InChI is InChI=1S/C19H19Cl2N3O4S2/c1-4-23-15-8-6-13(10-17(15)29-19(23)26)22-18(25)11(2)24(30(3,27)28)16-9-12(20)5-7-14(16)21/h5-11H,4H2,1-3H3,(H,22,25)/t11-/m1/s1. The smallest absolute Gasteiger partial charge is 0.308 e. The van der Waals surface area contributed by atoms with Gasteiger partial charge in [-0.05, 0) is 50.2 Å². The van der Waals surface area contributed by atoms with Gasteiger partial charge in [0.05, 0.1) is 27.2 Å². The fourth-order valence-corrected chi connectivity index (χ4v) is 5.72. The fourth-order valence-electron chi connectivity index (χ4n) is 3.13. The lowest BCUT2D eigenvalue weighted by atomic mass is 10.2. The molecule has 11 heteroatoms. The molecule has 3 rings (SSSR count). The second-order valence-electron chi connectivity index (χ2n) is 6.61. The Hall–Kier alpha value is -2.07. The number of sulfonamides is 1. The summed E-state index contributed by atoms with van der Waals surface area (Å²) in [5.74, 6) is -0.557. The molecule has 7 nitrogen and oxygen atoms in total. The van der Waals surface area contributed by atoms with Gasteiger partial charge < -0.3 is 5.32 Å². The topological polar surface area (TPSA) is 88.5 Å². The van der Waals surface area contributed by atoms with E-state index in [0.29, 0.717) is 12.2 Å². The number of amides is 1. The number of aryl methyl sites for hydroxylation is 1. The molecule has 0 saturated carbocycles. The number of carbonyl (C=O) groups is 1. The monoisotopic (exact) mass is 487 g/mol. The Morgan fingerprint density at radius 3 is 2.57 bits per heavy atom. The van der Waals surface area contributed by atoms with Crippen molar-refractivity contribution in [3.8, 4) is 0 Å². The molecule has 1 aromatic heterocycles. The van der Waals surface area contributed by atoms with Crippen molar-refractivity contribution < 1.29 is 13.2 Å². The van der Waals surface area contributed by atoms with E-state index < -0.39 is 22.0 Å². The highest BCUT2D eigenvalue weighted by Crippen LogP contribution is 2.32. The molecule has 1 amide bonds. The third kappa shape index (κ3) is 4.49. The molecule has 0 unspecified atom stereocenters. The number of halogens is 2. The number of nitrogens with one attached hydrogen (secondary N) is 1. The highest BCUT2D eigenvalue weighted by molar-refractivity contribution is 7.92. The van der Waals surface area contributed by atoms with Gasteiger partial charge in [0.25, 0.3) is 0 Å². The fraction of sp³-hybridized carbons (Fsp3) is 0.263. The van der Waals surface area contributed by atoms with Gasteiger partial charge in [-0.1, -0.05) is 34.5 Å². The summed E-state index contributed by atoms with van der Waals surface area (Å²) in [6.07, 6.45) is 0.991. The number of benzene rings is 2. The molecular weight excluding hydrogens is 469 g/mol. The zero-order valence-electron chi connectivity index (χ0n) is 16.3. The molecule has 0 aliphatic rings. The maximum absolute atomic E-state index is 12.9. The van der Waals surface area contributed by atoms with Crippen LogP contribution < -0.4 is 14.5 Å². The first kappa shape index (κ1) is 22.6. The van der Waals surface area contributed by atoms with Crippen molar-refractivity contribution in [3.63, 3.8) is 0 Å². The Morgan fingerprint density at radius 2 is 1.93 bits per heavy atom. The van der Waals surface area contributed by atoms with E-state index in [-0.39, 0.29) is 20.6 Å². The third-order valence-corrected chi connectivity index (χ3v) is 7.21. The Balaban J connectivity index is 1.93. The van der Waals surface area contributed by atoms with Crippen molar-refractivity contribution in [2.45, 2.75) is 26.4 Å². The lowest BCUT2D eigenvalue weighted by Gasteiger charge is -2.29. The molecule has 0 radical (unpaired) electrons. The van der Waals surface area contributed by atoms with Crippen LogP contribution in [0.15, 0.2) is 41.2 Å². The first-order valence-corrected chi connectivity index (χ1v) is 12.3. The summed E-state index contributed by atoms with van der Waals surface area (Å²) in [5.41, 5.74) is 1.35. The van der Waals surface area contributed by atoms with E-state index in [0.717, 1.165) is 32.1 Å². The number of anilines is 2. The second kappa shape index (κ2) is 8.58. The molecule has 160 valence electrons. The van der Waals surface area contributed by atoms with Crippen molar-refractivity contribution in [2.24, 2.45) is 0 Å². The van der Waals surface area contributed by atoms with Crippen LogP contribution in [0, 0.1) is 0 Å². The van der Waals surface area contributed by atoms with Crippen molar-refractivity contribution in [2.75, 3.05) is 15.9 Å². The minimum absolute atomic E-state index is 0.0804. The highest BCUT2D eigenvalue weighted by atomic mass is 35.5. The van der Waals surface area contributed by atoms with Gasteiger partial charge in [0, 0.05) is 17.3 Å². The van der Waals surface area contributed by atoms with Gasteiger partial charge in [-0.15, -0.1) is 0 Å². The van der Waals surface area contributed by atoms with Crippen LogP contribution in [0.4, 0.5) is 11.4 Å². The predicted octanol–water partition coefficient (Wildman–Crippen LogP) is 4.18. The number of fused-ring (bicyclic) bond motifs is 1. The van der Waals surface area contributed by atoms with E-state index >= 15 is 0 Å². The van der Waals surface area contributed by atoms with Crippen LogP contribution in [-0.4, -0.2) is 31.2 Å². The minimum atomic E-state index is -3.85. The van der Waals surface area contributed by atoms with Gasteiger partial charge in [0.2, 0.25) is 15.9 Å². The van der Waals surface area contributed by atoms with Crippen LogP contribution in [0.1, 0.15) is 13.8 Å². The summed E-state index contributed by atoms with van der Waals surface area (Å²) in [4.78, 5) is 24.8. The molecule has 0 fully saturated rings. The van der Waals surface area contributed by atoms with Crippen LogP contribution in [0.3, 0.4) is 0 Å². The molecule has 0 aliphatic carbocycles. The van der Waals surface area contributed by atoms with Gasteiger partial charge in [-0.25, -0.2) is 8.42 Å². The van der Waals surface area contributed by atoms with Crippen LogP contribution in [0.2, 0.25) is 10.0 Å². The van der Waals surface area contributed by atoms with Crippen LogP contribution >= 0.6 is 34.5 Å². The van der Waals surface area contributed by atoms with E-state index in [2.05, 4.69) is 5.32 Å². The van der Waals surface area contributed by atoms with E-state index in [1.54, 1.807) is 22.8 Å². The maximum atomic E-state index is 12.9. The summed E-state index contributed by atoms with van der Waals surface area (Å²) in [5, 5.41) is 3.15. The van der Waals surface area contributed by atoms with Crippen LogP contribution in [-0.2, 0) is 21.4 Å². The van der Waals surface area contributed by atoms with Crippen LogP contribution in [0.5, 0.6) is 0 Å². The molecule has 2 aromatic carbocycles. The van der Waals surface area contributed by atoms with Crippen molar-refractivity contribution in [1.29, 1.82) is 0 Å². The number of aromatic nitrogens is 1. The maximum Gasteiger partial charge on any atom is 0.308 e. The van der Waals surface area contributed by atoms with Crippen molar-refractivity contribution >= 4 is 72.1 Å². The van der Waals surface area contributed by atoms with Gasteiger partial charge in [-0.3, -0.25) is 18.5 Å². The van der Waals surface area contributed by atoms with E-state index in [4.69, 9.17) is 23.2 Å². The van der Waals surface area contributed by atoms with Crippen molar-refractivity contribution in [1.82, 2.24) is 4.57 Å². The first-order chi connectivity index (χ1) is 14.0. The third-order valence-electron chi connectivity index (χ3n) is 4.49. The average molecular weight is 488 g/mol. The first-order valence-electron chi connectivity index (χ1n) is 8.91. The number of thiazole rings is 1. The molecule has 0 aliphatic heterocycles. The van der Waals surface area contributed by atoms with Gasteiger partial charge in [0.1, 0.15) is 6.04 Å². The van der Waals surface area contributed by atoms with Gasteiger partial charge >= 0.3 is 4.87 Å². The summed E-state index contributed by atoms with van der Waals surface area (Å²) < 4.78 is 28.2. The molecule has 1 N–H and O–H groups in total. The Bertz CT molecular complexity index is 1280. The highest BCUT2D eigenvalue weighted by Gasteiger charge is 2.31. The number of rotatable bonds is 6. The van der Waals surface area contributed by atoms with Crippen LogP contribution in [0.25, 0.3) is 10.2 Å². The minimum Gasteiger partial charge on any atom is -0.324 e. The molecule has 30 heavy (non-hydrogen) atoms. The largest absolute Gasteiger partial charge is 0.324 e. The quantitative estimate of drug-likeness (QED) is 0.564. The van der Waals surface area contributed by atoms with E-state index in [1.165, 1.54) is 25.1 Å². The van der Waals surface area contributed by atoms with E-state index in [9.17, 15) is 18.0 Å². The predicted molar refractivity (Wildman–Crippen MR) is 124 cm³/mol. The summed E-state index contributed by atoms with van der Waals surface area (Å²) in [6, 6.07) is 8.39. The molecular formula is C19H19Cl2N3O4S2. The van der Waals surface area contributed by atoms with Gasteiger partial charge in [0.15, 0.2) is 0 Å². The SMILES string of the molecule is CCn1c(=O)sc2cc(NC(=O)[C@@H](C)N(c3cc(Cl)ccc3Cl)S(C)(=O)=O)ccc21. The van der Waals surface area contributed by atoms with E-state index in [1.807, 2.05) is 6.92 Å². The zero-order chi connectivity index (χ0) is 22.2. The molecule has 0 spiro atoms. The Kier molecular flexibility index (Phi) is 6.47. The zero-order valence-corrected chi connectivity index (χ0v) is 19.5. The molecule has 3 aromatic rings. The summed E-state index contributed by atoms with van der Waals surface area (Å²) in [7, 11) is -3.85. The molecule has 1 heterocycles. The molecule has 0 saturated heterocycles. The Morgan fingerprint density at radius 1 is 1.23 bits per heavy atom. The Labute approximate surface area is 187 Å². The lowest BCUT2D eigenvalue weighted by molar-refractivity contribution is -0.116. The lowest BCUT2D eigenvalue weighted by Crippen LogP contribution is -2.45. The number of hydrogen-bond acceptors (Lipinski definition) is 5. The van der Waals surface area contributed by atoms with Gasteiger partial charge in [-0.2, -0.15) is 0 Å². The summed E-state index contributed by atoms with van der Waals surface area (Å²) in [6.45, 7) is 3.88. The van der Waals surface area contributed by atoms with Crippen molar-refractivity contribution in [3.05, 3.63) is 56.1 Å². The molecule has 1 atom stereocenters. The summed E-state index contributed by atoms with van der Waals surface area (Å²) >= 11 is 13.3. The molecule has 0 bridgehead atoms. The normalized spacial score (nSPS) is 12.7. The second-order valence-corrected chi connectivity index (χ2v) is 10.3. The number of carbonyl (C=O) groups excluding carboxylic acids is 1. The number of hydrogen-bond donors (Lipinski definition) is 1. The number of nitrogens with zero attached hydrogens (tertiary/aromatic N) is 2. The average Bonchev–Trinajstić information content (AvgIpc) is 2.97.